The number of hydrogen-bond acceptors (Lipinski definition) is 2. The number of rotatable bonds is 3. The van der Waals surface area contributed by atoms with E-state index in [1.165, 1.54) is 5.56 Å². The van der Waals surface area contributed by atoms with E-state index in [2.05, 4.69) is 52.0 Å². The number of thioether (sulfide) groups is 1. The van der Waals surface area contributed by atoms with E-state index in [4.69, 9.17) is 0 Å². The highest BCUT2D eigenvalue weighted by molar-refractivity contribution is 8.01. The number of benzene rings is 2. The molecule has 3 rings (SSSR count). The van der Waals surface area contributed by atoms with E-state index in [-0.39, 0.29) is 17.5 Å². The molecule has 3 heteroatoms. The van der Waals surface area contributed by atoms with E-state index >= 15 is 0 Å². The Morgan fingerprint density at radius 1 is 0.957 bits per heavy atom. The monoisotopic (exact) mass is 325 g/mol. The van der Waals surface area contributed by atoms with Crippen molar-refractivity contribution in [1.82, 2.24) is 4.90 Å². The van der Waals surface area contributed by atoms with Gasteiger partial charge < -0.3 is 4.90 Å². The van der Waals surface area contributed by atoms with Crippen LogP contribution in [0, 0.1) is 0 Å². The Kier molecular flexibility index (Phi) is 4.01. The summed E-state index contributed by atoms with van der Waals surface area (Å²) in [5, 5.41) is 0. The molecule has 0 radical (unpaired) electrons. The van der Waals surface area contributed by atoms with E-state index in [0.717, 1.165) is 4.90 Å². The summed E-state index contributed by atoms with van der Waals surface area (Å²) in [6, 6.07) is 20.6. The van der Waals surface area contributed by atoms with E-state index in [0.29, 0.717) is 0 Å². The van der Waals surface area contributed by atoms with Gasteiger partial charge in [-0.05, 0) is 45.4 Å². The van der Waals surface area contributed by atoms with Crippen LogP contribution in [0.15, 0.2) is 65.6 Å². The van der Waals surface area contributed by atoms with Gasteiger partial charge in [-0.3, -0.25) is 4.79 Å². The molecule has 1 saturated heterocycles. The van der Waals surface area contributed by atoms with E-state index in [9.17, 15) is 4.79 Å². The second-order valence-corrected chi connectivity index (χ2v) is 8.70. The zero-order valence-corrected chi connectivity index (χ0v) is 14.9. The molecular formula is C20H23NOS. The summed E-state index contributed by atoms with van der Waals surface area (Å²) >= 11 is 1.67. The third-order valence-corrected chi connectivity index (χ3v) is 5.66. The summed E-state index contributed by atoms with van der Waals surface area (Å²) in [5.41, 5.74) is 1.02. The highest BCUT2D eigenvalue weighted by Gasteiger charge is 2.61. The number of amides is 1. The lowest BCUT2D eigenvalue weighted by Crippen LogP contribution is -2.70. The maximum Gasteiger partial charge on any atom is 0.242 e. The lowest BCUT2D eigenvalue weighted by molar-refractivity contribution is -0.160. The number of hydrogen-bond donors (Lipinski definition) is 0. The van der Waals surface area contributed by atoms with Gasteiger partial charge in [0.25, 0.3) is 0 Å². The molecule has 0 saturated carbocycles. The molecule has 120 valence electrons. The second kappa shape index (κ2) is 5.72. The second-order valence-electron chi connectivity index (χ2n) is 7.18. The molecule has 1 fully saturated rings. The first kappa shape index (κ1) is 16.1. The molecule has 2 aromatic rings. The van der Waals surface area contributed by atoms with Crippen molar-refractivity contribution in [3.63, 3.8) is 0 Å². The maximum atomic E-state index is 13.0. The summed E-state index contributed by atoms with van der Waals surface area (Å²) in [6.45, 7) is 8.39. The average Bonchev–Trinajstić information content (AvgIpc) is 2.52. The van der Waals surface area contributed by atoms with E-state index in [1.807, 2.05) is 41.3 Å². The summed E-state index contributed by atoms with van der Waals surface area (Å²) < 4.78 is -0.462. The predicted molar refractivity (Wildman–Crippen MR) is 96.5 cm³/mol. The van der Waals surface area contributed by atoms with Gasteiger partial charge in [-0.15, -0.1) is 11.8 Å². The van der Waals surface area contributed by atoms with Gasteiger partial charge in [-0.1, -0.05) is 48.5 Å². The van der Waals surface area contributed by atoms with Crippen molar-refractivity contribution < 1.29 is 4.79 Å². The zero-order valence-electron chi connectivity index (χ0n) is 14.1. The summed E-state index contributed by atoms with van der Waals surface area (Å²) in [4.78, 5) is 16.2. The van der Waals surface area contributed by atoms with Crippen LogP contribution in [-0.2, 0) is 4.79 Å². The molecule has 0 spiro atoms. The Bertz CT molecular complexity index is 693. The quantitative estimate of drug-likeness (QED) is 0.747. The smallest absolute Gasteiger partial charge is 0.242 e. The summed E-state index contributed by atoms with van der Waals surface area (Å²) in [5.74, 6) is 0.215. The molecule has 0 N–H and O–H groups in total. The van der Waals surface area contributed by atoms with Crippen LogP contribution in [0.2, 0.25) is 0 Å². The van der Waals surface area contributed by atoms with Crippen molar-refractivity contribution >= 4 is 17.7 Å². The fourth-order valence-electron chi connectivity index (χ4n) is 3.28. The van der Waals surface area contributed by atoms with Gasteiger partial charge in [0.05, 0.1) is 6.04 Å². The first-order valence-corrected chi connectivity index (χ1v) is 8.78. The van der Waals surface area contributed by atoms with Gasteiger partial charge in [0.2, 0.25) is 5.91 Å². The van der Waals surface area contributed by atoms with Crippen molar-refractivity contribution in [2.75, 3.05) is 0 Å². The molecule has 2 aromatic carbocycles. The number of likely N-dealkylation sites (tertiary alicyclic amines) is 1. The Morgan fingerprint density at radius 3 is 2.00 bits per heavy atom. The SMILES string of the molecule is CC(C)(C)N1C(=O)[C@@](C)(Sc2ccccc2)[C@@H]1c1ccccc1. The minimum atomic E-state index is -0.462. The highest BCUT2D eigenvalue weighted by atomic mass is 32.2. The molecule has 1 aliphatic heterocycles. The summed E-state index contributed by atoms with van der Waals surface area (Å²) in [6.07, 6.45) is 0. The zero-order chi connectivity index (χ0) is 16.7. The van der Waals surface area contributed by atoms with Gasteiger partial charge in [0, 0.05) is 10.4 Å². The normalized spacial score (nSPS) is 24.4. The molecule has 1 heterocycles. The lowest BCUT2D eigenvalue weighted by Gasteiger charge is -2.59. The molecule has 2 atom stereocenters. The van der Waals surface area contributed by atoms with Crippen LogP contribution < -0.4 is 0 Å². The van der Waals surface area contributed by atoms with Crippen molar-refractivity contribution in [2.24, 2.45) is 0 Å². The molecule has 23 heavy (non-hydrogen) atoms. The van der Waals surface area contributed by atoms with Gasteiger partial charge in [0.15, 0.2) is 0 Å². The topological polar surface area (TPSA) is 20.3 Å². The fourth-order valence-corrected chi connectivity index (χ4v) is 4.60. The van der Waals surface area contributed by atoms with E-state index in [1.54, 1.807) is 11.8 Å². The van der Waals surface area contributed by atoms with Crippen LogP contribution in [0.4, 0.5) is 0 Å². The lowest BCUT2D eigenvalue weighted by atomic mass is 9.79. The van der Waals surface area contributed by atoms with Crippen molar-refractivity contribution in [3.05, 3.63) is 66.2 Å². The van der Waals surface area contributed by atoms with Gasteiger partial charge >= 0.3 is 0 Å². The third kappa shape index (κ3) is 2.78. The van der Waals surface area contributed by atoms with Crippen LogP contribution in [0.3, 0.4) is 0 Å². The number of β-lactam (4-membered cyclic amide) rings is 1. The first-order chi connectivity index (χ1) is 10.8. The Morgan fingerprint density at radius 2 is 1.48 bits per heavy atom. The van der Waals surface area contributed by atoms with Gasteiger partial charge in [-0.2, -0.15) is 0 Å². The highest BCUT2D eigenvalue weighted by Crippen LogP contribution is 2.56. The van der Waals surface area contributed by atoms with Crippen LogP contribution in [0.1, 0.15) is 39.3 Å². The fraction of sp³-hybridized carbons (Fsp3) is 0.350. The molecule has 0 bridgehead atoms. The van der Waals surface area contributed by atoms with Gasteiger partial charge in [-0.25, -0.2) is 0 Å². The predicted octanol–water partition coefficient (Wildman–Crippen LogP) is 4.92. The largest absolute Gasteiger partial charge is 0.328 e. The van der Waals surface area contributed by atoms with Crippen molar-refractivity contribution in [2.45, 2.75) is 48.9 Å². The molecule has 0 aliphatic carbocycles. The van der Waals surface area contributed by atoms with E-state index < -0.39 is 4.75 Å². The first-order valence-electron chi connectivity index (χ1n) is 7.97. The van der Waals surface area contributed by atoms with Crippen LogP contribution in [0.5, 0.6) is 0 Å². The van der Waals surface area contributed by atoms with Crippen molar-refractivity contribution in [3.8, 4) is 0 Å². The number of carbonyl (C=O) groups excluding carboxylic acids is 1. The maximum absolute atomic E-state index is 13.0. The molecule has 0 aromatic heterocycles. The molecular weight excluding hydrogens is 302 g/mol. The average molecular weight is 325 g/mol. The Hall–Kier alpha value is -1.74. The van der Waals surface area contributed by atoms with Crippen LogP contribution in [0.25, 0.3) is 0 Å². The molecule has 2 nitrogen and oxygen atoms in total. The van der Waals surface area contributed by atoms with Gasteiger partial charge in [0.1, 0.15) is 4.75 Å². The van der Waals surface area contributed by atoms with Crippen LogP contribution >= 0.6 is 11.8 Å². The molecule has 1 aliphatic rings. The Balaban J connectivity index is 2.00. The Labute approximate surface area is 142 Å². The standard InChI is InChI=1S/C20H23NOS/c1-19(2,3)21-17(15-11-7-5-8-12-15)20(4,18(21)22)23-16-13-9-6-10-14-16/h5-14,17H,1-4H3/t17-,20-/m0/s1. The molecule has 1 amide bonds. The molecule has 0 unspecified atom stereocenters. The third-order valence-electron chi connectivity index (χ3n) is 4.33. The minimum absolute atomic E-state index is 0.0846. The minimum Gasteiger partial charge on any atom is -0.328 e. The number of carbonyl (C=O) groups is 1. The van der Waals surface area contributed by atoms with Crippen molar-refractivity contribution in [1.29, 1.82) is 0 Å². The number of nitrogens with zero attached hydrogens (tertiary/aromatic N) is 1. The summed E-state index contributed by atoms with van der Waals surface area (Å²) in [7, 11) is 0. The van der Waals surface area contributed by atoms with Crippen LogP contribution in [-0.4, -0.2) is 21.1 Å².